The molecule has 0 amide bonds. The van der Waals surface area contributed by atoms with Crippen molar-refractivity contribution in [2.24, 2.45) is 0 Å². The Bertz CT molecular complexity index is 973. The van der Waals surface area contributed by atoms with Crippen molar-refractivity contribution < 1.29 is 18.3 Å². The minimum atomic E-state index is -3.89. The molecule has 1 saturated heterocycles. The van der Waals surface area contributed by atoms with Crippen molar-refractivity contribution in [3.05, 3.63) is 52.5 Å². The van der Waals surface area contributed by atoms with Gasteiger partial charge in [0.2, 0.25) is 0 Å². The summed E-state index contributed by atoms with van der Waals surface area (Å²) in [4.78, 5) is 13.8. The summed E-state index contributed by atoms with van der Waals surface area (Å²) in [5.41, 5.74) is 1.42. The summed E-state index contributed by atoms with van der Waals surface area (Å²) >= 11 is 7.75. The Morgan fingerprint density at radius 3 is 2.56 bits per heavy atom. The molecule has 0 saturated carbocycles. The molecule has 0 aromatic heterocycles. The lowest BCUT2D eigenvalue weighted by Crippen LogP contribution is -2.33. The third kappa shape index (κ3) is 4.51. The number of nitrogens with zero attached hydrogens (tertiary/aromatic N) is 1. The van der Waals surface area contributed by atoms with Gasteiger partial charge in [0.15, 0.2) is 0 Å². The van der Waals surface area contributed by atoms with Crippen molar-refractivity contribution in [3.8, 4) is 0 Å². The Balaban J connectivity index is 1.94. The van der Waals surface area contributed by atoms with Crippen molar-refractivity contribution in [1.82, 2.24) is 0 Å². The molecule has 1 aliphatic heterocycles. The Kier molecular flexibility index (Phi) is 5.88. The summed E-state index contributed by atoms with van der Waals surface area (Å²) in [6.45, 7) is 3.19. The van der Waals surface area contributed by atoms with E-state index < -0.39 is 16.0 Å². The van der Waals surface area contributed by atoms with Gasteiger partial charge >= 0.3 is 5.97 Å². The first-order chi connectivity index (χ1) is 12.8. The van der Waals surface area contributed by atoms with Crippen LogP contribution in [-0.4, -0.2) is 44.1 Å². The lowest BCUT2D eigenvalue weighted by Gasteiger charge is -2.29. The van der Waals surface area contributed by atoms with Gasteiger partial charge in [0.1, 0.15) is 0 Å². The smallest absolute Gasteiger partial charge is 0.337 e. The van der Waals surface area contributed by atoms with Crippen LogP contribution in [0.2, 0.25) is 5.02 Å². The van der Waals surface area contributed by atoms with E-state index in [-0.39, 0.29) is 16.1 Å². The zero-order valence-corrected chi connectivity index (χ0v) is 17.0. The molecule has 2 aromatic carbocycles. The van der Waals surface area contributed by atoms with E-state index in [1.165, 1.54) is 12.1 Å². The zero-order chi connectivity index (χ0) is 19.6. The average molecular weight is 427 g/mol. The third-order valence-electron chi connectivity index (χ3n) is 4.27. The molecule has 3 rings (SSSR count). The topological polar surface area (TPSA) is 86.7 Å². The van der Waals surface area contributed by atoms with Crippen LogP contribution >= 0.6 is 23.4 Å². The van der Waals surface area contributed by atoms with E-state index in [0.29, 0.717) is 16.3 Å². The quantitative estimate of drug-likeness (QED) is 0.758. The Hall–Kier alpha value is -1.90. The van der Waals surface area contributed by atoms with E-state index in [0.717, 1.165) is 24.6 Å². The van der Waals surface area contributed by atoms with Crippen LogP contribution in [0.15, 0.2) is 41.3 Å². The van der Waals surface area contributed by atoms with Crippen molar-refractivity contribution in [2.45, 2.75) is 11.8 Å². The standard InChI is InChI=1S/C18H19ClN2O4S2/c1-12-2-3-13(19)10-17(12)27(24,25)20-14-4-5-16(15(11-14)18(22)23)21-6-8-26-9-7-21/h2-5,10-11,20H,6-9H2,1H3,(H,22,23). The Morgan fingerprint density at radius 2 is 1.89 bits per heavy atom. The molecule has 0 bridgehead atoms. The highest BCUT2D eigenvalue weighted by Crippen LogP contribution is 2.29. The van der Waals surface area contributed by atoms with Crippen molar-refractivity contribution in [1.29, 1.82) is 0 Å². The van der Waals surface area contributed by atoms with Gasteiger partial charge in [-0.3, -0.25) is 4.72 Å². The zero-order valence-electron chi connectivity index (χ0n) is 14.6. The van der Waals surface area contributed by atoms with E-state index in [1.807, 2.05) is 16.7 Å². The highest BCUT2D eigenvalue weighted by Gasteiger charge is 2.22. The summed E-state index contributed by atoms with van der Waals surface area (Å²) in [6, 6.07) is 9.21. The number of carboxylic acid groups (broad SMARTS) is 1. The van der Waals surface area contributed by atoms with Crippen molar-refractivity contribution in [3.63, 3.8) is 0 Å². The highest BCUT2D eigenvalue weighted by molar-refractivity contribution is 7.99. The maximum absolute atomic E-state index is 12.7. The second-order valence-electron chi connectivity index (χ2n) is 6.15. The number of rotatable bonds is 5. The van der Waals surface area contributed by atoms with Gasteiger partial charge in [-0.1, -0.05) is 17.7 Å². The maximum Gasteiger partial charge on any atom is 0.337 e. The second kappa shape index (κ2) is 8.00. The second-order valence-corrected chi connectivity index (χ2v) is 9.46. The summed E-state index contributed by atoms with van der Waals surface area (Å²) < 4.78 is 27.9. The number of nitrogens with one attached hydrogen (secondary N) is 1. The van der Waals surface area contributed by atoms with Gasteiger partial charge in [-0.2, -0.15) is 11.8 Å². The first kappa shape index (κ1) is 19.9. The largest absolute Gasteiger partial charge is 0.478 e. The number of carbonyl (C=O) groups is 1. The van der Waals surface area contributed by atoms with Gasteiger partial charge in [-0.05, 0) is 42.8 Å². The van der Waals surface area contributed by atoms with Crippen LogP contribution in [0.4, 0.5) is 11.4 Å². The molecule has 0 unspecified atom stereocenters. The molecule has 2 aromatic rings. The number of halogens is 1. The van der Waals surface area contributed by atoms with E-state index >= 15 is 0 Å². The summed E-state index contributed by atoms with van der Waals surface area (Å²) in [5, 5.41) is 9.90. The number of anilines is 2. The Morgan fingerprint density at radius 1 is 1.19 bits per heavy atom. The maximum atomic E-state index is 12.7. The summed E-state index contributed by atoms with van der Waals surface area (Å²) in [5.74, 6) is 0.770. The molecule has 0 spiro atoms. The molecule has 2 N–H and O–H groups in total. The minimum Gasteiger partial charge on any atom is -0.478 e. The summed E-state index contributed by atoms with van der Waals surface area (Å²) in [7, 11) is -3.89. The fourth-order valence-corrected chi connectivity index (χ4v) is 5.39. The molecule has 1 fully saturated rings. The lowest BCUT2D eigenvalue weighted by atomic mass is 10.1. The van der Waals surface area contributed by atoms with Crippen LogP contribution in [0.25, 0.3) is 0 Å². The molecule has 27 heavy (non-hydrogen) atoms. The van der Waals surface area contributed by atoms with Crippen LogP contribution in [0.3, 0.4) is 0 Å². The van der Waals surface area contributed by atoms with E-state index in [2.05, 4.69) is 4.72 Å². The van der Waals surface area contributed by atoms with Gasteiger partial charge in [-0.25, -0.2) is 13.2 Å². The molecule has 0 atom stereocenters. The minimum absolute atomic E-state index is 0.0593. The van der Waals surface area contributed by atoms with Gasteiger partial charge in [-0.15, -0.1) is 0 Å². The molecule has 144 valence electrons. The molecule has 1 heterocycles. The van der Waals surface area contributed by atoms with Crippen molar-refractivity contribution >= 4 is 50.7 Å². The van der Waals surface area contributed by atoms with E-state index in [9.17, 15) is 18.3 Å². The van der Waals surface area contributed by atoms with Crippen LogP contribution in [0.1, 0.15) is 15.9 Å². The number of hydrogen-bond donors (Lipinski definition) is 2. The molecular weight excluding hydrogens is 408 g/mol. The van der Waals surface area contributed by atoms with Gasteiger partial charge in [0, 0.05) is 35.3 Å². The van der Waals surface area contributed by atoms with Crippen molar-refractivity contribution in [2.75, 3.05) is 34.2 Å². The monoisotopic (exact) mass is 426 g/mol. The lowest BCUT2D eigenvalue weighted by molar-refractivity contribution is 0.0697. The SMILES string of the molecule is Cc1ccc(Cl)cc1S(=O)(=O)Nc1ccc(N2CCSCC2)c(C(=O)O)c1. The normalized spacial score (nSPS) is 14.8. The number of carboxylic acids is 1. The number of aryl methyl sites for hydroxylation is 1. The van der Waals surface area contributed by atoms with Crippen LogP contribution in [0.5, 0.6) is 0 Å². The fraction of sp³-hybridized carbons (Fsp3) is 0.278. The van der Waals surface area contributed by atoms with Crippen LogP contribution in [-0.2, 0) is 10.0 Å². The molecule has 0 aliphatic carbocycles. The number of benzene rings is 2. The Labute approximate surface area is 167 Å². The van der Waals surface area contributed by atoms with Gasteiger partial charge in [0.25, 0.3) is 10.0 Å². The van der Waals surface area contributed by atoms with Gasteiger partial charge in [0.05, 0.1) is 16.1 Å². The summed E-state index contributed by atoms with van der Waals surface area (Å²) in [6.07, 6.45) is 0. The van der Waals surface area contributed by atoms with Gasteiger partial charge < -0.3 is 10.0 Å². The predicted molar refractivity (Wildman–Crippen MR) is 110 cm³/mol. The predicted octanol–water partition coefficient (Wildman–Crippen LogP) is 3.70. The first-order valence-corrected chi connectivity index (χ1v) is 11.3. The van der Waals surface area contributed by atoms with E-state index in [1.54, 1.807) is 31.2 Å². The number of aromatic carboxylic acids is 1. The fourth-order valence-electron chi connectivity index (χ4n) is 2.92. The molecule has 1 aliphatic rings. The van der Waals surface area contributed by atoms with Crippen LogP contribution in [0, 0.1) is 6.92 Å². The third-order valence-corrected chi connectivity index (χ3v) is 6.97. The molecule has 9 heteroatoms. The number of thioether (sulfide) groups is 1. The number of sulfonamides is 1. The number of hydrogen-bond acceptors (Lipinski definition) is 5. The van der Waals surface area contributed by atoms with E-state index in [4.69, 9.17) is 11.6 Å². The van der Waals surface area contributed by atoms with Crippen LogP contribution < -0.4 is 9.62 Å². The highest BCUT2D eigenvalue weighted by atomic mass is 35.5. The molecule has 6 nitrogen and oxygen atoms in total. The first-order valence-electron chi connectivity index (χ1n) is 8.27. The molecule has 0 radical (unpaired) electrons. The molecular formula is C18H19ClN2O4S2. The average Bonchev–Trinajstić information content (AvgIpc) is 2.64.